The molecule has 0 unspecified atom stereocenters. The maximum atomic E-state index is 12.4. The van der Waals surface area contributed by atoms with Crippen molar-refractivity contribution in [2.45, 2.75) is 33.3 Å². The first-order chi connectivity index (χ1) is 14.7. The van der Waals surface area contributed by atoms with E-state index >= 15 is 0 Å². The number of anilines is 1. The second-order valence-corrected chi connectivity index (χ2v) is 7.80. The van der Waals surface area contributed by atoms with Crippen LogP contribution < -0.4 is 4.90 Å². The van der Waals surface area contributed by atoms with E-state index in [0.717, 1.165) is 5.56 Å². The smallest absolute Gasteiger partial charge is 0.338 e. The van der Waals surface area contributed by atoms with E-state index in [9.17, 15) is 19.2 Å². The van der Waals surface area contributed by atoms with Gasteiger partial charge in [0.25, 0.3) is 0 Å². The van der Waals surface area contributed by atoms with Crippen LogP contribution in [-0.4, -0.2) is 42.9 Å². The molecule has 162 valence electrons. The molecule has 0 aliphatic carbocycles. The Morgan fingerprint density at radius 2 is 1.61 bits per heavy atom. The number of nitrogens with zero attached hydrogens (tertiary/aromatic N) is 1. The summed E-state index contributed by atoms with van der Waals surface area (Å²) in [4.78, 5) is 50.4. The van der Waals surface area contributed by atoms with Crippen LogP contribution in [0.1, 0.15) is 46.5 Å². The van der Waals surface area contributed by atoms with Crippen molar-refractivity contribution in [2.75, 3.05) is 18.1 Å². The highest BCUT2D eigenvalue weighted by Crippen LogP contribution is 2.26. The summed E-state index contributed by atoms with van der Waals surface area (Å²) in [6.07, 6.45) is -0.216. The Labute approximate surface area is 180 Å². The lowest BCUT2D eigenvalue weighted by molar-refractivity contribution is -0.147. The first-order valence-electron chi connectivity index (χ1n) is 10.1. The number of amides is 1. The predicted octanol–water partition coefficient (Wildman–Crippen LogP) is 3.34. The minimum atomic E-state index is -0.649. The van der Waals surface area contributed by atoms with Crippen LogP contribution in [0.3, 0.4) is 0 Å². The first kappa shape index (κ1) is 22.2. The van der Waals surface area contributed by atoms with Gasteiger partial charge in [0.2, 0.25) is 5.91 Å². The van der Waals surface area contributed by atoms with Crippen LogP contribution in [0.25, 0.3) is 0 Å². The van der Waals surface area contributed by atoms with Crippen LogP contribution in [0.5, 0.6) is 0 Å². The molecule has 1 aliphatic heterocycles. The van der Waals surface area contributed by atoms with Crippen molar-refractivity contribution in [1.82, 2.24) is 0 Å². The first-order valence-corrected chi connectivity index (χ1v) is 10.1. The van der Waals surface area contributed by atoms with Gasteiger partial charge in [0, 0.05) is 24.2 Å². The summed E-state index contributed by atoms with van der Waals surface area (Å²) in [5.74, 6) is -2.17. The molecule has 0 spiro atoms. The normalized spacial score (nSPS) is 15.8. The maximum Gasteiger partial charge on any atom is 0.338 e. The number of benzene rings is 2. The van der Waals surface area contributed by atoms with Crippen molar-refractivity contribution in [3.63, 3.8) is 0 Å². The number of aryl methyl sites for hydroxylation is 1. The molecule has 0 N–H and O–H groups in total. The molecule has 2 aromatic rings. The molecule has 1 aliphatic rings. The van der Waals surface area contributed by atoms with Gasteiger partial charge >= 0.3 is 11.9 Å². The summed E-state index contributed by atoms with van der Waals surface area (Å²) in [5.41, 5.74) is 2.47. The van der Waals surface area contributed by atoms with Crippen LogP contribution in [-0.2, 0) is 19.1 Å². The van der Waals surface area contributed by atoms with Crippen molar-refractivity contribution in [2.24, 2.45) is 5.92 Å². The third-order valence-electron chi connectivity index (χ3n) is 4.93. The Morgan fingerprint density at radius 3 is 2.23 bits per heavy atom. The SMILES string of the molecule is Cc1ccc(C(=O)COC(=O)[C@H]2CC(=O)N(c3ccc(C(=O)OC(C)C)cc3)C2)cc1. The predicted molar refractivity (Wildman–Crippen MR) is 114 cm³/mol. The Bertz CT molecular complexity index is 978. The van der Waals surface area contributed by atoms with E-state index in [-0.39, 0.29) is 37.4 Å². The fourth-order valence-electron chi connectivity index (χ4n) is 3.25. The molecule has 7 nitrogen and oxygen atoms in total. The van der Waals surface area contributed by atoms with E-state index in [1.807, 2.05) is 19.1 Å². The zero-order valence-corrected chi connectivity index (χ0v) is 17.8. The van der Waals surface area contributed by atoms with Gasteiger partial charge in [-0.15, -0.1) is 0 Å². The number of carbonyl (C=O) groups excluding carboxylic acids is 4. The molecular weight excluding hydrogens is 398 g/mol. The molecule has 1 atom stereocenters. The van der Waals surface area contributed by atoms with Gasteiger partial charge in [-0.25, -0.2) is 4.79 Å². The summed E-state index contributed by atoms with van der Waals surface area (Å²) in [5, 5.41) is 0. The molecule has 31 heavy (non-hydrogen) atoms. The Balaban J connectivity index is 1.56. The monoisotopic (exact) mass is 423 g/mol. The number of hydrogen-bond donors (Lipinski definition) is 0. The Morgan fingerprint density at radius 1 is 1.00 bits per heavy atom. The second-order valence-electron chi connectivity index (χ2n) is 7.80. The van der Waals surface area contributed by atoms with Gasteiger partial charge in [0.1, 0.15) is 0 Å². The average molecular weight is 423 g/mol. The number of hydrogen-bond acceptors (Lipinski definition) is 6. The summed E-state index contributed by atoms with van der Waals surface area (Å²) < 4.78 is 10.3. The van der Waals surface area contributed by atoms with E-state index in [0.29, 0.717) is 16.8 Å². The maximum absolute atomic E-state index is 12.4. The summed E-state index contributed by atoms with van der Waals surface area (Å²) >= 11 is 0. The number of carbonyl (C=O) groups is 4. The molecule has 7 heteroatoms. The topological polar surface area (TPSA) is 90.0 Å². The minimum Gasteiger partial charge on any atom is -0.459 e. The van der Waals surface area contributed by atoms with E-state index in [1.165, 1.54) is 4.90 Å². The summed E-state index contributed by atoms with van der Waals surface area (Å²) in [6, 6.07) is 13.5. The van der Waals surface area contributed by atoms with Gasteiger partial charge in [-0.2, -0.15) is 0 Å². The second kappa shape index (κ2) is 9.55. The Kier molecular flexibility index (Phi) is 6.84. The zero-order valence-electron chi connectivity index (χ0n) is 17.8. The van der Waals surface area contributed by atoms with Crippen LogP contribution in [0.15, 0.2) is 48.5 Å². The lowest BCUT2D eigenvalue weighted by Gasteiger charge is -2.17. The molecule has 1 fully saturated rings. The number of ketones is 1. The highest BCUT2D eigenvalue weighted by molar-refractivity contribution is 6.01. The van der Waals surface area contributed by atoms with E-state index in [1.54, 1.807) is 50.2 Å². The van der Waals surface area contributed by atoms with Gasteiger partial charge in [0.15, 0.2) is 12.4 Å². The largest absolute Gasteiger partial charge is 0.459 e. The van der Waals surface area contributed by atoms with Crippen molar-refractivity contribution in [3.8, 4) is 0 Å². The molecule has 0 saturated carbocycles. The lowest BCUT2D eigenvalue weighted by atomic mass is 10.1. The molecule has 0 aromatic heterocycles. The fourth-order valence-corrected chi connectivity index (χ4v) is 3.25. The standard InChI is InChI=1S/C24H25NO6/c1-15(2)31-24(29)18-8-10-20(11-9-18)25-13-19(12-22(25)27)23(28)30-14-21(26)17-6-4-16(3)5-7-17/h4-11,15,19H,12-14H2,1-3H3/t19-/m0/s1. The minimum absolute atomic E-state index is 0.00863. The number of rotatable bonds is 7. The van der Waals surface area contributed by atoms with Crippen molar-refractivity contribution < 1.29 is 28.7 Å². The van der Waals surface area contributed by atoms with Gasteiger partial charge in [-0.1, -0.05) is 29.8 Å². The third kappa shape index (κ3) is 5.57. The Hall–Kier alpha value is -3.48. The lowest BCUT2D eigenvalue weighted by Crippen LogP contribution is -2.27. The third-order valence-corrected chi connectivity index (χ3v) is 4.93. The van der Waals surface area contributed by atoms with Gasteiger partial charge < -0.3 is 14.4 Å². The number of Topliss-reactive ketones (excluding diaryl/α,β-unsaturated/α-hetero) is 1. The van der Waals surface area contributed by atoms with Gasteiger partial charge in [-0.3, -0.25) is 14.4 Å². The van der Waals surface area contributed by atoms with Gasteiger partial charge in [0.05, 0.1) is 17.6 Å². The molecule has 1 saturated heterocycles. The average Bonchev–Trinajstić information content (AvgIpc) is 3.13. The quantitative estimate of drug-likeness (QED) is 0.501. The van der Waals surface area contributed by atoms with Gasteiger partial charge in [-0.05, 0) is 45.0 Å². The fraction of sp³-hybridized carbons (Fsp3) is 0.333. The molecule has 1 heterocycles. The summed E-state index contributed by atoms with van der Waals surface area (Å²) in [7, 11) is 0. The number of esters is 2. The van der Waals surface area contributed by atoms with E-state index < -0.39 is 17.9 Å². The van der Waals surface area contributed by atoms with Crippen LogP contribution in [0, 0.1) is 12.8 Å². The van der Waals surface area contributed by atoms with Crippen LogP contribution in [0.2, 0.25) is 0 Å². The van der Waals surface area contributed by atoms with Crippen molar-refractivity contribution in [3.05, 3.63) is 65.2 Å². The molecule has 3 rings (SSSR count). The molecule has 2 aromatic carbocycles. The van der Waals surface area contributed by atoms with E-state index in [2.05, 4.69) is 0 Å². The van der Waals surface area contributed by atoms with Crippen LogP contribution >= 0.6 is 0 Å². The van der Waals surface area contributed by atoms with E-state index in [4.69, 9.17) is 9.47 Å². The molecule has 1 amide bonds. The highest BCUT2D eigenvalue weighted by atomic mass is 16.5. The molecular formula is C24H25NO6. The highest BCUT2D eigenvalue weighted by Gasteiger charge is 2.36. The number of ether oxygens (including phenoxy) is 2. The molecule has 0 radical (unpaired) electrons. The van der Waals surface area contributed by atoms with Crippen molar-refractivity contribution >= 4 is 29.3 Å². The molecule has 0 bridgehead atoms. The zero-order chi connectivity index (χ0) is 22.5. The van der Waals surface area contributed by atoms with Crippen LogP contribution in [0.4, 0.5) is 5.69 Å². The summed E-state index contributed by atoms with van der Waals surface area (Å²) in [6.45, 7) is 5.25. The van der Waals surface area contributed by atoms with Crippen molar-refractivity contribution in [1.29, 1.82) is 0 Å².